The second-order valence-corrected chi connectivity index (χ2v) is 6.35. The van der Waals surface area contributed by atoms with Gasteiger partial charge in [-0.05, 0) is 31.1 Å². The predicted molar refractivity (Wildman–Crippen MR) is 73.4 cm³/mol. The Labute approximate surface area is 111 Å². The van der Waals surface area contributed by atoms with Gasteiger partial charge in [0.1, 0.15) is 0 Å². The summed E-state index contributed by atoms with van der Waals surface area (Å²) < 4.78 is 0. The van der Waals surface area contributed by atoms with Crippen molar-refractivity contribution < 1.29 is 9.90 Å². The van der Waals surface area contributed by atoms with E-state index in [4.69, 9.17) is 5.11 Å². The van der Waals surface area contributed by atoms with Gasteiger partial charge in [0.05, 0.1) is 0 Å². The Bertz CT molecular complexity index is 279. The van der Waals surface area contributed by atoms with Crippen LogP contribution in [0.25, 0.3) is 0 Å². The monoisotopic (exact) mass is 256 g/mol. The van der Waals surface area contributed by atoms with Gasteiger partial charge in [-0.3, -0.25) is 0 Å². The molecule has 4 heteroatoms. The maximum absolute atomic E-state index is 11.9. The molecule has 4 nitrogen and oxygen atoms in total. The van der Waals surface area contributed by atoms with Gasteiger partial charge in [-0.1, -0.05) is 33.6 Å². The van der Waals surface area contributed by atoms with Crippen LogP contribution in [0.2, 0.25) is 0 Å². The largest absolute Gasteiger partial charge is 0.396 e. The summed E-state index contributed by atoms with van der Waals surface area (Å²) in [6.45, 7) is 8.38. The Morgan fingerprint density at radius 1 is 1.39 bits per heavy atom. The van der Waals surface area contributed by atoms with Gasteiger partial charge in [-0.2, -0.15) is 0 Å². The third-order valence-electron chi connectivity index (χ3n) is 4.31. The molecule has 1 aliphatic carbocycles. The van der Waals surface area contributed by atoms with Crippen molar-refractivity contribution in [3.8, 4) is 0 Å². The van der Waals surface area contributed by atoms with Gasteiger partial charge in [0.15, 0.2) is 0 Å². The number of hydrogen-bond donors (Lipinski definition) is 3. The van der Waals surface area contributed by atoms with E-state index in [2.05, 4.69) is 24.5 Å². The Kier molecular flexibility index (Phi) is 5.45. The van der Waals surface area contributed by atoms with E-state index in [-0.39, 0.29) is 36.1 Å². The maximum atomic E-state index is 11.9. The van der Waals surface area contributed by atoms with Crippen LogP contribution < -0.4 is 10.6 Å². The average Bonchev–Trinajstić information content (AvgIpc) is 2.30. The number of urea groups is 1. The van der Waals surface area contributed by atoms with Gasteiger partial charge < -0.3 is 15.7 Å². The molecule has 0 radical (unpaired) electrons. The number of carbonyl (C=O) groups is 1. The molecule has 1 saturated carbocycles. The fourth-order valence-corrected chi connectivity index (χ4v) is 2.47. The topological polar surface area (TPSA) is 61.4 Å². The zero-order valence-electron chi connectivity index (χ0n) is 12.1. The van der Waals surface area contributed by atoms with E-state index < -0.39 is 0 Å². The van der Waals surface area contributed by atoms with Crippen LogP contribution in [0.3, 0.4) is 0 Å². The molecule has 3 N–H and O–H groups in total. The molecule has 0 saturated heterocycles. The molecule has 0 heterocycles. The zero-order valence-corrected chi connectivity index (χ0v) is 12.1. The van der Waals surface area contributed by atoms with Crippen molar-refractivity contribution in [2.45, 2.75) is 65.5 Å². The van der Waals surface area contributed by atoms with Crippen LogP contribution in [-0.2, 0) is 0 Å². The molecule has 1 aliphatic rings. The normalized spacial score (nSPS) is 26.2. The standard InChI is InChI=1S/C14H28N2O2/c1-10(9-17)11(2)15-13(18)16-12-7-5-6-8-14(12,3)4/h10-12,17H,5-9H2,1-4H3,(H2,15,16,18). The number of aliphatic hydroxyl groups is 1. The molecule has 3 atom stereocenters. The number of nitrogens with one attached hydrogen (secondary N) is 2. The number of hydrogen-bond acceptors (Lipinski definition) is 2. The fourth-order valence-electron chi connectivity index (χ4n) is 2.47. The Morgan fingerprint density at radius 3 is 2.61 bits per heavy atom. The molecular weight excluding hydrogens is 228 g/mol. The summed E-state index contributed by atoms with van der Waals surface area (Å²) in [7, 11) is 0. The maximum Gasteiger partial charge on any atom is 0.315 e. The molecule has 2 amide bonds. The van der Waals surface area contributed by atoms with Crippen LogP contribution in [0.1, 0.15) is 53.4 Å². The second kappa shape index (κ2) is 6.41. The molecule has 0 aliphatic heterocycles. The van der Waals surface area contributed by atoms with Crippen molar-refractivity contribution in [3.05, 3.63) is 0 Å². The molecule has 0 spiro atoms. The molecule has 1 fully saturated rings. The van der Waals surface area contributed by atoms with E-state index in [1.807, 2.05) is 13.8 Å². The highest BCUT2D eigenvalue weighted by atomic mass is 16.3. The van der Waals surface area contributed by atoms with E-state index in [1.165, 1.54) is 19.3 Å². The van der Waals surface area contributed by atoms with Crippen molar-refractivity contribution in [3.63, 3.8) is 0 Å². The highest BCUT2D eigenvalue weighted by Crippen LogP contribution is 2.35. The first kappa shape index (κ1) is 15.3. The van der Waals surface area contributed by atoms with E-state index in [0.717, 1.165) is 6.42 Å². The smallest absolute Gasteiger partial charge is 0.315 e. The summed E-state index contributed by atoms with van der Waals surface area (Å²) in [5.41, 5.74) is 0.182. The van der Waals surface area contributed by atoms with Crippen LogP contribution in [0.5, 0.6) is 0 Å². The van der Waals surface area contributed by atoms with Crippen LogP contribution in [0.4, 0.5) is 4.79 Å². The van der Waals surface area contributed by atoms with Gasteiger partial charge in [0.25, 0.3) is 0 Å². The van der Waals surface area contributed by atoms with Crippen molar-refractivity contribution in [1.29, 1.82) is 0 Å². The highest BCUT2D eigenvalue weighted by Gasteiger charge is 2.33. The van der Waals surface area contributed by atoms with Crippen LogP contribution in [0, 0.1) is 11.3 Å². The lowest BCUT2D eigenvalue weighted by Crippen LogP contribution is -2.52. The first-order chi connectivity index (χ1) is 8.36. The van der Waals surface area contributed by atoms with Crippen LogP contribution >= 0.6 is 0 Å². The van der Waals surface area contributed by atoms with Gasteiger partial charge in [-0.15, -0.1) is 0 Å². The molecule has 18 heavy (non-hydrogen) atoms. The van der Waals surface area contributed by atoms with Gasteiger partial charge in [-0.25, -0.2) is 4.79 Å². The second-order valence-electron chi connectivity index (χ2n) is 6.35. The molecule has 106 valence electrons. The van der Waals surface area contributed by atoms with Crippen molar-refractivity contribution in [2.75, 3.05) is 6.61 Å². The SMILES string of the molecule is CC(CO)C(C)NC(=O)NC1CCCCC1(C)C. The average molecular weight is 256 g/mol. The fraction of sp³-hybridized carbons (Fsp3) is 0.929. The number of amides is 2. The molecule has 0 bridgehead atoms. The Hall–Kier alpha value is -0.770. The first-order valence-electron chi connectivity index (χ1n) is 7.04. The molecule has 3 unspecified atom stereocenters. The summed E-state index contributed by atoms with van der Waals surface area (Å²) in [6.07, 6.45) is 4.67. The van der Waals surface area contributed by atoms with E-state index in [9.17, 15) is 4.79 Å². The first-order valence-corrected chi connectivity index (χ1v) is 7.04. The molecule has 1 rings (SSSR count). The summed E-state index contributed by atoms with van der Waals surface area (Å²) in [5.74, 6) is 0.0788. The number of aliphatic hydroxyl groups excluding tert-OH is 1. The minimum Gasteiger partial charge on any atom is -0.396 e. The lowest BCUT2D eigenvalue weighted by atomic mass is 9.73. The molecule has 0 aromatic carbocycles. The van der Waals surface area contributed by atoms with E-state index >= 15 is 0 Å². The van der Waals surface area contributed by atoms with Gasteiger partial charge >= 0.3 is 6.03 Å². The molecule has 0 aromatic rings. The predicted octanol–water partition coefficient (Wildman–Crippen LogP) is 2.27. The van der Waals surface area contributed by atoms with E-state index in [1.54, 1.807) is 0 Å². The van der Waals surface area contributed by atoms with Crippen molar-refractivity contribution in [1.82, 2.24) is 10.6 Å². The van der Waals surface area contributed by atoms with E-state index in [0.29, 0.717) is 0 Å². The van der Waals surface area contributed by atoms with Crippen LogP contribution in [0.15, 0.2) is 0 Å². The van der Waals surface area contributed by atoms with Gasteiger partial charge in [0.2, 0.25) is 0 Å². The Morgan fingerprint density at radius 2 is 2.06 bits per heavy atom. The van der Waals surface area contributed by atoms with Gasteiger partial charge in [0, 0.05) is 18.7 Å². The summed E-state index contributed by atoms with van der Waals surface area (Å²) >= 11 is 0. The summed E-state index contributed by atoms with van der Waals surface area (Å²) in [4.78, 5) is 11.9. The quantitative estimate of drug-likeness (QED) is 0.722. The number of carbonyl (C=O) groups excluding carboxylic acids is 1. The lowest BCUT2D eigenvalue weighted by Gasteiger charge is -2.39. The number of rotatable bonds is 4. The molecular formula is C14H28N2O2. The lowest BCUT2D eigenvalue weighted by molar-refractivity contribution is 0.160. The van der Waals surface area contributed by atoms with Crippen molar-refractivity contribution in [2.24, 2.45) is 11.3 Å². The zero-order chi connectivity index (χ0) is 13.8. The highest BCUT2D eigenvalue weighted by molar-refractivity contribution is 5.74. The third kappa shape index (κ3) is 4.16. The van der Waals surface area contributed by atoms with Crippen LogP contribution in [-0.4, -0.2) is 29.8 Å². The summed E-state index contributed by atoms with van der Waals surface area (Å²) in [5, 5.41) is 15.0. The minimum absolute atomic E-state index is 0.0123. The summed E-state index contributed by atoms with van der Waals surface area (Å²) in [6, 6.07) is 0.132. The third-order valence-corrected chi connectivity index (χ3v) is 4.31. The Balaban J connectivity index is 2.44. The molecule has 0 aromatic heterocycles. The minimum atomic E-state index is -0.109. The van der Waals surface area contributed by atoms with Crippen molar-refractivity contribution >= 4 is 6.03 Å².